The lowest BCUT2D eigenvalue weighted by molar-refractivity contribution is -0.141. The number of ether oxygens (including phenoxy) is 1. The van der Waals surface area contributed by atoms with E-state index in [2.05, 4.69) is 0 Å². The SMILES string of the molecule is CC(=O)OC[C@H]1C[C@@H]1C=O. The minimum absolute atomic E-state index is 0.152. The van der Waals surface area contributed by atoms with Crippen molar-refractivity contribution in [3.63, 3.8) is 0 Å². The van der Waals surface area contributed by atoms with Crippen LogP contribution in [-0.4, -0.2) is 18.9 Å². The molecule has 56 valence electrons. The molecule has 0 spiro atoms. The summed E-state index contributed by atoms with van der Waals surface area (Å²) in [4.78, 5) is 20.3. The van der Waals surface area contributed by atoms with Gasteiger partial charge in [-0.1, -0.05) is 0 Å². The molecule has 10 heavy (non-hydrogen) atoms. The number of esters is 1. The smallest absolute Gasteiger partial charge is 0.302 e. The van der Waals surface area contributed by atoms with Crippen molar-refractivity contribution < 1.29 is 14.3 Å². The summed E-state index contributed by atoms with van der Waals surface area (Å²) in [6.07, 6.45) is 1.81. The van der Waals surface area contributed by atoms with Crippen LogP contribution in [0.25, 0.3) is 0 Å². The Kier molecular flexibility index (Phi) is 2.04. The van der Waals surface area contributed by atoms with Gasteiger partial charge in [-0.3, -0.25) is 4.79 Å². The van der Waals surface area contributed by atoms with Crippen molar-refractivity contribution in [3.8, 4) is 0 Å². The van der Waals surface area contributed by atoms with E-state index in [4.69, 9.17) is 4.74 Å². The largest absolute Gasteiger partial charge is 0.466 e. The van der Waals surface area contributed by atoms with Gasteiger partial charge in [0.25, 0.3) is 0 Å². The Labute approximate surface area is 59.4 Å². The molecule has 0 radical (unpaired) electrons. The molecule has 0 aromatic heterocycles. The zero-order chi connectivity index (χ0) is 7.56. The molecule has 0 aromatic rings. The first-order valence-electron chi connectivity index (χ1n) is 3.32. The monoisotopic (exact) mass is 142 g/mol. The van der Waals surface area contributed by atoms with Gasteiger partial charge in [0.05, 0.1) is 6.61 Å². The molecular weight excluding hydrogens is 132 g/mol. The van der Waals surface area contributed by atoms with E-state index >= 15 is 0 Å². The van der Waals surface area contributed by atoms with Gasteiger partial charge in [-0.25, -0.2) is 0 Å². The van der Waals surface area contributed by atoms with Gasteiger partial charge in [0, 0.05) is 18.8 Å². The maximum absolute atomic E-state index is 10.3. The molecule has 0 unspecified atom stereocenters. The van der Waals surface area contributed by atoms with Crippen LogP contribution in [-0.2, 0) is 14.3 Å². The summed E-state index contributed by atoms with van der Waals surface area (Å²) in [5, 5.41) is 0. The fraction of sp³-hybridized carbons (Fsp3) is 0.714. The Hall–Kier alpha value is -0.860. The highest BCUT2D eigenvalue weighted by molar-refractivity contribution is 5.66. The molecule has 1 rings (SSSR count). The molecule has 1 aliphatic rings. The number of carbonyl (C=O) groups is 2. The molecule has 0 aliphatic heterocycles. The van der Waals surface area contributed by atoms with Crippen LogP contribution in [0.2, 0.25) is 0 Å². The molecule has 3 nitrogen and oxygen atoms in total. The topological polar surface area (TPSA) is 43.4 Å². The molecule has 0 saturated heterocycles. The maximum Gasteiger partial charge on any atom is 0.302 e. The van der Waals surface area contributed by atoms with Gasteiger partial charge < -0.3 is 9.53 Å². The summed E-state index contributed by atoms with van der Waals surface area (Å²) in [5.74, 6) is 0.192. The summed E-state index contributed by atoms with van der Waals surface area (Å²) in [7, 11) is 0. The van der Waals surface area contributed by atoms with Crippen LogP contribution in [0.1, 0.15) is 13.3 Å². The van der Waals surface area contributed by atoms with Gasteiger partial charge in [0.2, 0.25) is 0 Å². The van der Waals surface area contributed by atoms with Gasteiger partial charge >= 0.3 is 5.97 Å². The number of aldehydes is 1. The predicted molar refractivity (Wildman–Crippen MR) is 34.3 cm³/mol. The molecular formula is C7H10O3. The molecule has 0 N–H and O–H groups in total. The second-order valence-electron chi connectivity index (χ2n) is 2.60. The van der Waals surface area contributed by atoms with Crippen LogP contribution in [0.4, 0.5) is 0 Å². The molecule has 2 atom stereocenters. The van der Waals surface area contributed by atoms with Crippen molar-refractivity contribution in [1.82, 2.24) is 0 Å². The molecule has 0 aromatic carbocycles. The summed E-state index contributed by atoms with van der Waals surface area (Å²) in [6.45, 7) is 1.79. The zero-order valence-corrected chi connectivity index (χ0v) is 5.87. The first kappa shape index (κ1) is 7.25. The first-order chi connectivity index (χ1) is 4.74. The summed E-state index contributed by atoms with van der Waals surface area (Å²) in [6, 6.07) is 0. The summed E-state index contributed by atoms with van der Waals surface area (Å²) >= 11 is 0. The van der Waals surface area contributed by atoms with Crippen molar-refractivity contribution in [2.75, 3.05) is 6.61 Å². The van der Waals surface area contributed by atoms with Crippen molar-refractivity contribution in [1.29, 1.82) is 0 Å². The van der Waals surface area contributed by atoms with Crippen molar-refractivity contribution in [2.24, 2.45) is 11.8 Å². The summed E-state index contributed by atoms with van der Waals surface area (Å²) < 4.78 is 4.70. The predicted octanol–water partition coefficient (Wildman–Crippen LogP) is 0.385. The van der Waals surface area contributed by atoms with E-state index in [0.717, 1.165) is 12.7 Å². The highest BCUT2D eigenvalue weighted by Crippen LogP contribution is 2.36. The third kappa shape index (κ3) is 1.83. The quantitative estimate of drug-likeness (QED) is 0.422. The van der Waals surface area contributed by atoms with E-state index in [1.807, 2.05) is 0 Å². The second-order valence-corrected chi connectivity index (χ2v) is 2.60. The average Bonchev–Trinajstić information content (AvgIpc) is 2.61. The Morgan fingerprint density at radius 2 is 2.50 bits per heavy atom. The number of hydrogen-bond donors (Lipinski definition) is 0. The van der Waals surface area contributed by atoms with Crippen LogP contribution in [0.5, 0.6) is 0 Å². The van der Waals surface area contributed by atoms with Gasteiger partial charge in [-0.15, -0.1) is 0 Å². The third-order valence-electron chi connectivity index (χ3n) is 1.65. The molecule has 1 aliphatic carbocycles. The number of carbonyl (C=O) groups excluding carboxylic acids is 2. The standard InChI is InChI=1S/C7H10O3/c1-5(9)10-4-7-2-6(7)3-8/h3,6-7H,2,4H2,1H3/t6-,7-/m1/s1. The minimum Gasteiger partial charge on any atom is -0.466 e. The highest BCUT2D eigenvalue weighted by atomic mass is 16.5. The lowest BCUT2D eigenvalue weighted by atomic mass is 10.3. The van der Waals surface area contributed by atoms with Crippen LogP contribution in [0.15, 0.2) is 0 Å². The highest BCUT2D eigenvalue weighted by Gasteiger charge is 2.37. The molecule has 1 fully saturated rings. The minimum atomic E-state index is -0.267. The van der Waals surface area contributed by atoms with Gasteiger partial charge in [0.15, 0.2) is 0 Å². The summed E-state index contributed by atoms with van der Waals surface area (Å²) in [5.41, 5.74) is 0. The van der Waals surface area contributed by atoms with Crippen LogP contribution in [0.3, 0.4) is 0 Å². The number of rotatable bonds is 3. The fourth-order valence-electron chi connectivity index (χ4n) is 0.854. The Morgan fingerprint density at radius 3 is 2.90 bits per heavy atom. The van der Waals surface area contributed by atoms with Crippen LogP contribution in [0, 0.1) is 11.8 Å². The van der Waals surface area contributed by atoms with Gasteiger partial charge in [0.1, 0.15) is 6.29 Å². The van der Waals surface area contributed by atoms with E-state index in [-0.39, 0.29) is 11.9 Å². The molecule has 1 saturated carbocycles. The Morgan fingerprint density at radius 1 is 1.80 bits per heavy atom. The molecule has 0 amide bonds. The molecule has 3 heteroatoms. The first-order valence-corrected chi connectivity index (χ1v) is 3.32. The van der Waals surface area contributed by atoms with E-state index in [9.17, 15) is 9.59 Å². The number of hydrogen-bond acceptors (Lipinski definition) is 3. The Balaban J connectivity index is 2.07. The normalized spacial score (nSPS) is 29.3. The van der Waals surface area contributed by atoms with Crippen molar-refractivity contribution in [2.45, 2.75) is 13.3 Å². The third-order valence-corrected chi connectivity index (χ3v) is 1.65. The molecule has 0 bridgehead atoms. The molecule has 0 heterocycles. The van der Waals surface area contributed by atoms with Gasteiger partial charge in [-0.2, -0.15) is 0 Å². The van der Waals surface area contributed by atoms with Gasteiger partial charge in [-0.05, 0) is 6.42 Å². The van der Waals surface area contributed by atoms with Crippen molar-refractivity contribution >= 4 is 12.3 Å². The lowest BCUT2D eigenvalue weighted by Gasteiger charge is -1.96. The Bertz CT molecular complexity index is 153. The second kappa shape index (κ2) is 2.82. The lowest BCUT2D eigenvalue weighted by Crippen LogP contribution is -2.03. The van der Waals surface area contributed by atoms with Crippen LogP contribution >= 0.6 is 0 Å². The fourth-order valence-corrected chi connectivity index (χ4v) is 0.854. The van der Waals surface area contributed by atoms with Crippen LogP contribution < -0.4 is 0 Å². The zero-order valence-electron chi connectivity index (χ0n) is 5.87. The van der Waals surface area contributed by atoms with E-state index in [0.29, 0.717) is 12.5 Å². The maximum atomic E-state index is 10.3. The van der Waals surface area contributed by atoms with E-state index in [1.165, 1.54) is 6.92 Å². The van der Waals surface area contributed by atoms with Crippen molar-refractivity contribution in [3.05, 3.63) is 0 Å². The van der Waals surface area contributed by atoms with E-state index in [1.54, 1.807) is 0 Å². The van der Waals surface area contributed by atoms with E-state index < -0.39 is 0 Å². The average molecular weight is 142 g/mol.